The highest BCUT2D eigenvalue weighted by molar-refractivity contribution is 6.82. The van der Waals surface area contributed by atoms with Crippen molar-refractivity contribution in [2.75, 3.05) is 0 Å². The summed E-state index contributed by atoms with van der Waals surface area (Å²) in [5, 5.41) is 2.63. The lowest BCUT2D eigenvalue weighted by atomic mass is 10.1. The molecule has 0 N–H and O–H groups in total. The Hall–Kier alpha value is -1.17. The highest BCUT2D eigenvalue weighted by atomic mass is 28.3. The molecule has 2 aromatic carbocycles. The molecule has 0 saturated heterocycles. The van der Waals surface area contributed by atoms with E-state index in [1.54, 1.807) is 0 Å². The molecule has 2 aromatic rings. The van der Waals surface area contributed by atoms with E-state index in [1.165, 1.54) is 32.6 Å². The Kier molecular flexibility index (Phi) is 4.40. The molecule has 0 aliphatic heterocycles. The predicted molar refractivity (Wildman–Crippen MR) is 83.7 cm³/mol. The monoisotopic (exact) mass is 282 g/mol. The molecule has 19 heavy (non-hydrogen) atoms. The quantitative estimate of drug-likeness (QED) is 0.784. The fourth-order valence-corrected chi connectivity index (χ4v) is 4.99. The molecule has 2 rings (SSSR count). The Labute approximate surface area is 120 Å². The van der Waals surface area contributed by atoms with E-state index in [1.807, 2.05) is 0 Å². The minimum Gasteiger partial charge on any atom is -0.450 e. The molecule has 0 heterocycles. The lowest BCUT2D eigenvalue weighted by Crippen LogP contribution is -2.47. The third-order valence-corrected chi connectivity index (χ3v) is 6.68. The van der Waals surface area contributed by atoms with Crippen LogP contribution in [0.2, 0.25) is 0 Å². The van der Waals surface area contributed by atoms with E-state index in [2.05, 4.69) is 74.6 Å². The zero-order valence-electron chi connectivity index (χ0n) is 11.9. The summed E-state index contributed by atoms with van der Waals surface area (Å²) in [6.07, 6.45) is 0. The van der Waals surface area contributed by atoms with Gasteiger partial charge in [0.15, 0.2) is 0 Å². The van der Waals surface area contributed by atoms with Crippen LogP contribution in [0.25, 0.3) is 0 Å². The summed E-state index contributed by atoms with van der Waals surface area (Å²) in [5.41, 5.74) is 5.29. The van der Waals surface area contributed by atoms with E-state index in [9.17, 15) is 0 Å². The maximum Gasteiger partial charge on any atom is 0.272 e. The van der Waals surface area contributed by atoms with Gasteiger partial charge in [0.2, 0.25) is 10.5 Å². The molecule has 1 nitrogen and oxygen atoms in total. The molecule has 0 spiro atoms. The first-order chi connectivity index (χ1) is 9.06. The Morgan fingerprint density at radius 3 is 1.58 bits per heavy atom. The molecule has 0 saturated carbocycles. The molecule has 0 aliphatic rings. The van der Waals surface area contributed by atoms with Gasteiger partial charge in [-0.3, -0.25) is 0 Å². The lowest BCUT2D eigenvalue weighted by Gasteiger charge is -2.19. The van der Waals surface area contributed by atoms with Gasteiger partial charge in [0.05, 0.1) is 0 Å². The third-order valence-electron chi connectivity index (χ3n) is 3.80. The zero-order chi connectivity index (χ0) is 14.0. The van der Waals surface area contributed by atoms with Gasteiger partial charge in [-0.2, -0.15) is 0 Å². The molecular weight excluding hydrogens is 264 g/mol. The number of hydrogen-bond acceptors (Lipinski definition) is 1. The molecule has 0 aromatic heterocycles. The first-order valence-electron chi connectivity index (χ1n) is 6.40. The van der Waals surface area contributed by atoms with Crippen molar-refractivity contribution in [3.05, 3.63) is 58.7 Å². The Bertz CT molecular complexity index is 542. The fraction of sp³-hybridized carbons (Fsp3) is 0.250. The smallest absolute Gasteiger partial charge is 0.272 e. The van der Waals surface area contributed by atoms with Crippen LogP contribution in [-0.4, -0.2) is 19.5 Å². The third kappa shape index (κ3) is 2.73. The van der Waals surface area contributed by atoms with E-state index in [0.717, 1.165) is 0 Å². The Morgan fingerprint density at radius 2 is 1.21 bits per heavy atom. The molecule has 0 atom stereocenters. The molecule has 4 radical (unpaired) electrons. The first kappa shape index (κ1) is 14.2. The van der Waals surface area contributed by atoms with Crippen molar-refractivity contribution >= 4 is 29.9 Å². The largest absolute Gasteiger partial charge is 0.450 e. The van der Waals surface area contributed by atoms with Gasteiger partial charge < -0.3 is 4.12 Å². The molecule has 0 amide bonds. The van der Waals surface area contributed by atoms with Crippen LogP contribution in [0.1, 0.15) is 22.3 Å². The maximum absolute atomic E-state index is 5.70. The van der Waals surface area contributed by atoms with Crippen molar-refractivity contribution in [1.82, 2.24) is 0 Å². The molecule has 3 heteroatoms. The fourth-order valence-electron chi connectivity index (χ4n) is 2.25. The van der Waals surface area contributed by atoms with Crippen molar-refractivity contribution in [3.63, 3.8) is 0 Å². The zero-order valence-corrected chi connectivity index (χ0v) is 13.9. The van der Waals surface area contributed by atoms with Crippen molar-refractivity contribution in [2.24, 2.45) is 0 Å². The van der Waals surface area contributed by atoms with Crippen LogP contribution in [0.15, 0.2) is 36.4 Å². The van der Waals surface area contributed by atoms with Gasteiger partial charge in [-0.05, 0) is 60.3 Å². The molecule has 0 bridgehead atoms. The van der Waals surface area contributed by atoms with Crippen LogP contribution in [0, 0.1) is 27.7 Å². The first-order valence-corrected chi connectivity index (χ1v) is 8.21. The van der Waals surface area contributed by atoms with Crippen LogP contribution in [0.4, 0.5) is 0 Å². The van der Waals surface area contributed by atoms with Crippen LogP contribution in [0.3, 0.4) is 0 Å². The Balaban J connectivity index is 2.57. The van der Waals surface area contributed by atoms with Gasteiger partial charge in [-0.1, -0.05) is 36.4 Å². The normalized spacial score (nSPS) is 11.1. The van der Waals surface area contributed by atoms with E-state index in [0.29, 0.717) is 0 Å². The minimum absolute atomic E-state index is 1.23. The Morgan fingerprint density at radius 1 is 0.789 bits per heavy atom. The SMILES string of the molecule is Cc1cccc([Si](O[Si])c2cccc(C)c2C)c1C. The topological polar surface area (TPSA) is 9.23 Å². The molecule has 96 valence electrons. The van der Waals surface area contributed by atoms with E-state index in [-0.39, 0.29) is 0 Å². The second kappa shape index (κ2) is 5.86. The summed E-state index contributed by atoms with van der Waals surface area (Å²) in [4.78, 5) is 0. The van der Waals surface area contributed by atoms with Crippen LogP contribution in [-0.2, 0) is 4.12 Å². The van der Waals surface area contributed by atoms with Crippen molar-refractivity contribution in [1.29, 1.82) is 0 Å². The van der Waals surface area contributed by atoms with Gasteiger partial charge in [0.25, 0.3) is 9.04 Å². The second-order valence-electron chi connectivity index (χ2n) is 4.93. The minimum atomic E-state index is -1.23. The van der Waals surface area contributed by atoms with Crippen molar-refractivity contribution < 1.29 is 4.12 Å². The summed E-state index contributed by atoms with van der Waals surface area (Å²) < 4.78 is 5.70. The highest BCUT2D eigenvalue weighted by Gasteiger charge is 2.22. The number of hydrogen-bond donors (Lipinski definition) is 0. The van der Waals surface area contributed by atoms with Crippen LogP contribution >= 0.6 is 0 Å². The molecular formula is C16H18OSi2. The second-order valence-corrected chi connectivity index (χ2v) is 7.48. The molecule has 0 unspecified atom stereocenters. The van der Waals surface area contributed by atoms with Crippen molar-refractivity contribution in [3.8, 4) is 0 Å². The average Bonchev–Trinajstić information content (AvgIpc) is 2.40. The van der Waals surface area contributed by atoms with Crippen LogP contribution < -0.4 is 10.4 Å². The summed E-state index contributed by atoms with van der Waals surface area (Å²) in [5.74, 6) is 0. The van der Waals surface area contributed by atoms with E-state index >= 15 is 0 Å². The van der Waals surface area contributed by atoms with E-state index < -0.39 is 9.04 Å². The van der Waals surface area contributed by atoms with Gasteiger partial charge in [0.1, 0.15) is 0 Å². The average molecular weight is 282 g/mol. The number of rotatable bonds is 3. The summed E-state index contributed by atoms with van der Waals surface area (Å²) >= 11 is 0. The summed E-state index contributed by atoms with van der Waals surface area (Å²) in [6, 6.07) is 12.9. The number of aryl methyl sites for hydroxylation is 2. The molecule has 0 aliphatic carbocycles. The summed E-state index contributed by atoms with van der Waals surface area (Å²) in [6.45, 7) is 8.64. The predicted octanol–water partition coefficient (Wildman–Crippen LogP) is 2.13. The summed E-state index contributed by atoms with van der Waals surface area (Å²) in [7, 11) is 2.07. The van der Waals surface area contributed by atoms with E-state index in [4.69, 9.17) is 4.12 Å². The van der Waals surface area contributed by atoms with Gasteiger partial charge in [-0.25, -0.2) is 0 Å². The van der Waals surface area contributed by atoms with Crippen LogP contribution in [0.5, 0.6) is 0 Å². The van der Waals surface area contributed by atoms with Gasteiger partial charge in [-0.15, -0.1) is 0 Å². The van der Waals surface area contributed by atoms with Gasteiger partial charge in [0, 0.05) is 0 Å². The van der Waals surface area contributed by atoms with Crippen molar-refractivity contribution in [2.45, 2.75) is 27.7 Å². The standard InChI is InChI=1S/C16H18OSi2/c1-11-7-5-9-15(13(11)3)19(17-18)16-10-6-8-12(2)14(16)4/h5-10H,1-4H3. The number of benzene rings is 2. The molecule has 0 fully saturated rings. The highest BCUT2D eigenvalue weighted by Crippen LogP contribution is 2.08. The maximum atomic E-state index is 5.70. The lowest BCUT2D eigenvalue weighted by molar-refractivity contribution is 0.660. The van der Waals surface area contributed by atoms with Gasteiger partial charge >= 0.3 is 0 Å².